The van der Waals surface area contributed by atoms with Gasteiger partial charge in [0, 0.05) is 30.5 Å². The van der Waals surface area contributed by atoms with Crippen LogP contribution in [0.4, 0.5) is 0 Å². The predicted molar refractivity (Wildman–Crippen MR) is 148 cm³/mol. The van der Waals surface area contributed by atoms with Gasteiger partial charge in [0.2, 0.25) is 5.91 Å². The smallest absolute Gasteiger partial charge is 0.222 e. The zero-order valence-electron chi connectivity index (χ0n) is 23.7. The molecule has 1 aromatic rings. The summed E-state index contributed by atoms with van der Waals surface area (Å²) >= 11 is 0. The van der Waals surface area contributed by atoms with E-state index in [1.165, 1.54) is 56.1 Å². The molecule has 1 saturated heterocycles. The quantitative estimate of drug-likeness (QED) is 0.413. The van der Waals surface area contributed by atoms with Crippen LogP contribution in [0.3, 0.4) is 0 Å². The van der Waals surface area contributed by atoms with Crippen molar-refractivity contribution in [1.82, 2.24) is 9.80 Å². The SMILES string of the molecule is COc1ccc2c3c1O[C@H]1[C@@H](N(C)C(=O)CCCCC4CCCCC4)CC[C@H]4[C@@H](C2)N(CC(C)=O)CC[C@@]341. The van der Waals surface area contributed by atoms with Crippen LogP contribution in [-0.4, -0.2) is 66.9 Å². The van der Waals surface area contributed by atoms with E-state index >= 15 is 0 Å². The highest BCUT2D eigenvalue weighted by atomic mass is 16.5. The Bertz CT molecular complexity index is 1070. The van der Waals surface area contributed by atoms with E-state index in [1.807, 2.05) is 18.0 Å². The Morgan fingerprint density at radius 2 is 1.95 bits per heavy atom. The van der Waals surface area contributed by atoms with Crippen LogP contribution in [0.1, 0.15) is 95.1 Å². The number of ketones is 1. The number of carbonyl (C=O) groups is 2. The molecular weight excluding hydrogens is 476 g/mol. The molecule has 3 fully saturated rings. The minimum absolute atomic E-state index is 0.0511. The van der Waals surface area contributed by atoms with Crippen molar-refractivity contribution in [2.45, 2.75) is 114 Å². The Hall–Kier alpha value is -2.08. The van der Waals surface area contributed by atoms with Gasteiger partial charge in [-0.1, -0.05) is 51.0 Å². The summed E-state index contributed by atoms with van der Waals surface area (Å²) < 4.78 is 12.7. The van der Waals surface area contributed by atoms with Gasteiger partial charge in [-0.3, -0.25) is 14.5 Å². The summed E-state index contributed by atoms with van der Waals surface area (Å²) in [7, 11) is 3.74. The Morgan fingerprint density at radius 1 is 1.13 bits per heavy atom. The molecule has 0 radical (unpaired) electrons. The van der Waals surface area contributed by atoms with Crippen molar-refractivity contribution in [2.24, 2.45) is 11.8 Å². The second kappa shape index (κ2) is 10.5. The lowest BCUT2D eigenvalue weighted by molar-refractivity contribution is -0.141. The normalized spacial score (nSPS) is 31.9. The minimum Gasteiger partial charge on any atom is -0.493 e. The number of amides is 1. The molecule has 1 amide bonds. The maximum atomic E-state index is 13.5. The zero-order valence-corrected chi connectivity index (χ0v) is 23.7. The number of rotatable bonds is 9. The molecule has 0 aromatic heterocycles. The highest BCUT2D eigenvalue weighted by molar-refractivity contribution is 5.78. The molecule has 2 aliphatic heterocycles. The third-order valence-electron chi connectivity index (χ3n) is 10.9. The van der Waals surface area contributed by atoms with Gasteiger partial charge in [-0.15, -0.1) is 0 Å². The number of Topliss-reactive ketones (excluding diaryl/α,β-unsaturated/α-hetero) is 1. The molecule has 2 heterocycles. The highest BCUT2D eigenvalue weighted by Gasteiger charge is 2.66. The van der Waals surface area contributed by atoms with Gasteiger partial charge in [0.15, 0.2) is 11.5 Å². The summed E-state index contributed by atoms with van der Waals surface area (Å²) in [6.07, 6.45) is 14.9. The van der Waals surface area contributed by atoms with E-state index in [1.54, 1.807) is 14.0 Å². The fraction of sp³-hybridized carbons (Fsp3) is 0.750. The van der Waals surface area contributed by atoms with Crippen LogP contribution in [0.15, 0.2) is 12.1 Å². The first-order valence-corrected chi connectivity index (χ1v) is 15.3. The Morgan fingerprint density at radius 3 is 2.71 bits per heavy atom. The van der Waals surface area contributed by atoms with Gasteiger partial charge in [-0.25, -0.2) is 0 Å². The lowest BCUT2D eigenvalue weighted by atomic mass is 9.51. The number of hydrogen-bond acceptors (Lipinski definition) is 5. The topological polar surface area (TPSA) is 59.1 Å². The van der Waals surface area contributed by atoms with Crippen molar-refractivity contribution in [2.75, 3.05) is 27.2 Å². The molecule has 2 bridgehead atoms. The molecule has 0 N–H and O–H groups in total. The van der Waals surface area contributed by atoms with Crippen LogP contribution < -0.4 is 9.47 Å². The molecule has 6 heteroatoms. The summed E-state index contributed by atoms with van der Waals surface area (Å²) in [6.45, 7) is 3.14. The maximum absolute atomic E-state index is 13.5. The molecule has 3 aliphatic carbocycles. The zero-order chi connectivity index (χ0) is 26.4. The average Bonchev–Trinajstić information content (AvgIpc) is 3.27. The third kappa shape index (κ3) is 4.26. The minimum atomic E-state index is -0.103. The number of nitrogens with zero attached hydrogens (tertiary/aromatic N) is 2. The highest BCUT2D eigenvalue weighted by Crippen LogP contribution is 2.64. The van der Waals surface area contributed by atoms with Crippen LogP contribution >= 0.6 is 0 Å². The predicted octanol–water partition coefficient (Wildman–Crippen LogP) is 5.29. The van der Waals surface area contributed by atoms with E-state index in [9.17, 15) is 9.59 Å². The Labute approximate surface area is 228 Å². The number of likely N-dealkylation sites (N-methyl/N-ethyl adjacent to an activating group) is 1. The molecule has 0 unspecified atom stereocenters. The Kier molecular flexibility index (Phi) is 7.21. The van der Waals surface area contributed by atoms with Crippen molar-refractivity contribution in [1.29, 1.82) is 0 Å². The first-order valence-electron chi connectivity index (χ1n) is 15.3. The van der Waals surface area contributed by atoms with Crippen molar-refractivity contribution in [3.05, 3.63) is 23.3 Å². The lowest BCUT2D eigenvalue weighted by Gasteiger charge is -2.60. The van der Waals surface area contributed by atoms with Crippen LogP contribution in [0, 0.1) is 11.8 Å². The molecular formula is C32H46N2O4. The van der Waals surface area contributed by atoms with E-state index in [0.29, 0.717) is 24.9 Å². The van der Waals surface area contributed by atoms with Crippen LogP contribution in [-0.2, 0) is 21.4 Å². The maximum Gasteiger partial charge on any atom is 0.222 e. The van der Waals surface area contributed by atoms with Crippen molar-refractivity contribution in [3.63, 3.8) is 0 Å². The van der Waals surface area contributed by atoms with Gasteiger partial charge in [0.1, 0.15) is 11.9 Å². The first-order chi connectivity index (χ1) is 18.4. The van der Waals surface area contributed by atoms with E-state index in [2.05, 4.69) is 11.0 Å². The summed E-state index contributed by atoms with van der Waals surface area (Å²) in [5.74, 6) is 3.56. The fourth-order valence-electron chi connectivity index (χ4n) is 9.17. The standard InChI is InChI=1S/C32H46N2O4/c1-21(35)20-34-18-17-32-24-14-15-25(33(2)28(36)12-8-7-11-22-9-5-4-6-10-22)31(32)38-30-27(37-3)16-13-23(29(30)32)19-26(24)34/h13,16,22,24-26,31H,4-12,14-15,17-20H2,1-3H3/t24-,25-,26+,31-,32-/m0/s1. The number of likely N-dealkylation sites (tertiary alicyclic amines) is 1. The fourth-order valence-corrected chi connectivity index (χ4v) is 9.17. The molecule has 6 nitrogen and oxygen atoms in total. The van der Waals surface area contributed by atoms with Crippen LogP contribution in [0.2, 0.25) is 0 Å². The van der Waals surface area contributed by atoms with Crippen molar-refractivity contribution >= 4 is 11.7 Å². The van der Waals surface area contributed by atoms with Gasteiger partial charge >= 0.3 is 0 Å². The van der Waals surface area contributed by atoms with Gasteiger partial charge in [-0.05, 0) is 69.0 Å². The van der Waals surface area contributed by atoms with E-state index in [-0.39, 0.29) is 29.3 Å². The Balaban J connectivity index is 1.21. The number of ether oxygens (including phenoxy) is 2. The summed E-state index contributed by atoms with van der Waals surface area (Å²) in [4.78, 5) is 30.1. The van der Waals surface area contributed by atoms with Gasteiger partial charge < -0.3 is 14.4 Å². The second-order valence-electron chi connectivity index (χ2n) is 12.9. The molecule has 38 heavy (non-hydrogen) atoms. The monoisotopic (exact) mass is 522 g/mol. The molecule has 5 aliphatic rings. The summed E-state index contributed by atoms with van der Waals surface area (Å²) in [5.41, 5.74) is 2.59. The molecule has 1 spiro atoms. The number of unbranched alkanes of at least 4 members (excludes halogenated alkanes) is 1. The van der Waals surface area contributed by atoms with E-state index in [4.69, 9.17) is 9.47 Å². The van der Waals surface area contributed by atoms with E-state index < -0.39 is 0 Å². The third-order valence-corrected chi connectivity index (χ3v) is 10.9. The largest absolute Gasteiger partial charge is 0.493 e. The molecule has 5 atom stereocenters. The average molecular weight is 523 g/mol. The number of benzene rings is 1. The van der Waals surface area contributed by atoms with Gasteiger partial charge in [0.05, 0.1) is 19.7 Å². The van der Waals surface area contributed by atoms with Gasteiger partial charge in [0.25, 0.3) is 0 Å². The lowest BCUT2D eigenvalue weighted by Crippen LogP contribution is -2.69. The molecule has 2 saturated carbocycles. The summed E-state index contributed by atoms with van der Waals surface area (Å²) in [5, 5.41) is 0. The number of hydrogen-bond donors (Lipinski definition) is 0. The van der Waals surface area contributed by atoms with Crippen molar-refractivity contribution in [3.8, 4) is 11.5 Å². The van der Waals surface area contributed by atoms with Crippen molar-refractivity contribution < 1.29 is 19.1 Å². The second-order valence-corrected chi connectivity index (χ2v) is 12.9. The number of methoxy groups -OCH3 is 1. The summed E-state index contributed by atoms with van der Waals surface area (Å²) in [6, 6.07) is 4.69. The number of carbonyl (C=O) groups excluding carboxylic acids is 2. The molecule has 1 aromatic carbocycles. The van der Waals surface area contributed by atoms with E-state index in [0.717, 1.165) is 56.1 Å². The molecule has 208 valence electrons. The van der Waals surface area contributed by atoms with Crippen LogP contribution in [0.25, 0.3) is 0 Å². The molecule has 6 rings (SSSR count). The first kappa shape index (κ1) is 26.2. The van der Waals surface area contributed by atoms with Gasteiger partial charge in [-0.2, -0.15) is 0 Å². The van der Waals surface area contributed by atoms with Crippen LogP contribution in [0.5, 0.6) is 11.5 Å². The number of piperidine rings is 1.